The zero-order chi connectivity index (χ0) is 17.6. The van der Waals surface area contributed by atoms with Crippen molar-refractivity contribution in [3.05, 3.63) is 65.5 Å². The highest BCUT2D eigenvalue weighted by molar-refractivity contribution is 6.04. The van der Waals surface area contributed by atoms with Crippen LogP contribution in [-0.4, -0.2) is 37.6 Å². The van der Waals surface area contributed by atoms with Gasteiger partial charge in [0.05, 0.1) is 5.56 Å². The first-order valence-corrected chi connectivity index (χ1v) is 7.22. The molecule has 0 fully saturated rings. The molecule has 0 saturated carbocycles. The molecule has 0 atom stereocenters. The first-order valence-electron chi connectivity index (χ1n) is 7.22. The summed E-state index contributed by atoms with van der Waals surface area (Å²) < 4.78 is 5.47. The number of H-pyrrole nitrogens is 1. The van der Waals surface area contributed by atoms with Crippen LogP contribution in [0, 0.1) is 0 Å². The SMILES string of the molecule is O=C(O)c1ccc(NC(=O)c2ccc(OCc3nn[nH]n3)cc2)cc1. The summed E-state index contributed by atoms with van der Waals surface area (Å²) in [4.78, 5) is 23.0. The third kappa shape index (κ3) is 4.16. The van der Waals surface area contributed by atoms with Crippen molar-refractivity contribution in [2.75, 3.05) is 5.32 Å². The smallest absolute Gasteiger partial charge is 0.335 e. The minimum absolute atomic E-state index is 0.154. The van der Waals surface area contributed by atoms with Gasteiger partial charge in [0.1, 0.15) is 5.75 Å². The highest BCUT2D eigenvalue weighted by Gasteiger charge is 2.08. The Labute approximate surface area is 141 Å². The van der Waals surface area contributed by atoms with Gasteiger partial charge in [-0.15, -0.1) is 10.2 Å². The minimum atomic E-state index is -1.02. The van der Waals surface area contributed by atoms with Crippen molar-refractivity contribution < 1.29 is 19.4 Å². The number of aromatic carboxylic acids is 1. The molecular weight excluding hydrogens is 326 g/mol. The fourth-order valence-electron chi connectivity index (χ4n) is 1.99. The van der Waals surface area contributed by atoms with Crippen LogP contribution in [0.4, 0.5) is 5.69 Å². The molecule has 0 radical (unpaired) electrons. The van der Waals surface area contributed by atoms with Crippen molar-refractivity contribution in [1.29, 1.82) is 0 Å². The van der Waals surface area contributed by atoms with E-state index in [0.29, 0.717) is 22.8 Å². The number of rotatable bonds is 6. The number of benzene rings is 2. The molecule has 126 valence electrons. The van der Waals surface area contributed by atoms with E-state index in [-0.39, 0.29) is 18.1 Å². The third-order valence-electron chi connectivity index (χ3n) is 3.26. The van der Waals surface area contributed by atoms with Gasteiger partial charge in [-0.25, -0.2) is 4.79 Å². The minimum Gasteiger partial charge on any atom is -0.485 e. The molecule has 25 heavy (non-hydrogen) atoms. The van der Waals surface area contributed by atoms with Gasteiger partial charge in [0.25, 0.3) is 5.91 Å². The second kappa shape index (κ2) is 7.21. The Hall–Kier alpha value is -3.75. The molecule has 3 rings (SSSR count). The van der Waals surface area contributed by atoms with Gasteiger partial charge >= 0.3 is 5.97 Å². The van der Waals surface area contributed by atoms with Crippen LogP contribution in [0.5, 0.6) is 5.75 Å². The van der Waals surface area contributed by atoms with E-state index in [4.69, 9.17) is 9.84 Å². The van der Waals surface area contributed by atoms with Gasteiger partial charge in [0, 0.05) is 11.3 Å². The van der Waals surface area contributed by atoms with Gasteiger partial charge in [0.2, 0.25) is 5.82 Å². The van der Waals surface area contributed by atoms with E-state index in [2.05, 4.69) is 25.9 Å². The Kier molecular flexibility index (Phi) is 4.65. The van der Waals surface area contributed by atoms with Gasteiger partial charge in [-0.05, 0) is 48.5 Å². The average molecular weight is 339 g/mol. The number of hydrogen-bond acceptors (Lipinski definition) is 6. The lowest BCUT2D eigenvalue weighted by molar-refractivity contribution is 0.0696. The topological polar surface area (TPSA) is 130 Å². The lowest BCUT2D eigenvalue weighted by Gasteiger charge is -2.07. The van der Waals surface area contributed by atoms with Crippen molar-refractivity contribution in [2.24, 2.45) is 0 Å². The van der Waals surface area contributed by atoms with Gasteiger partial charge in [-0.1, -0.05) is 5.21 Å². The number of nitrogens with one attached hydrogen (secondary N) is 2. The molecule has 0 unspecified atom stereocenters. The van der Waals surface area contributed by atoms with Crippen molar-refractivity contribution in [2.45, 2.75) is 6.61 Å². The van der Waals surface area contributed by atoms with Gasteiger partial charge in [-0.2, -0.15) is 5.21 Å². The molecule has 0 aliphatic carbocycles. The first kappa shape index (κ1) is 16.1. The van der Waals surface area contributed by atoms with Crippen molar-refractivity contribution in [3.63, 3.8) is 0 Å². The van der Waals surface area contributed by atoms with Gasteiger partial charge in [-0.3, -0.25) is 4.79 Å². The normalized spacial score (nSPS) is 10.2. The molecule has 0 saturated heterocycles. The summed E-state index contributed by atoms with van der Waals surface area (Å²) in [6.45, 7) is 0.165. The first-order chi connectivity index (χ1) is 12.1. The Morgan fingerprint density at radius 3 is 2.32 bits per heavy atom. The molecule has 0 spiro atoms. The number of nitrogens with zero attached hydrogens (tertiary/aromatic N) is 3. The van der Waals surface area contributed by atoms with Gasteiger partial charge in [0.15, 0.2) is 6.61 Å². The summed E-state index contributed by atoms with van der Waals surface area (Å²) in [6.07, 6.45) is 0. The van der Waals surface area contributed by atoms with Crippen LogP contribution in [0.25, 0.3) is 0 Å². The molecule has 3 aromatic rings. The quantitative estimate of drug-likeness (QED) is 0.623. The van der Waals surface area contributed by atoms with E-state index in [9.17, 15) is 9.59 Å². The number of anilines is 1. The summed E-state index contributed by atoms with van der Waals surface area (Å²) in [6, 6.07) is 12.5. The van der Waals surface area contributed by atoms with Crippen LogP contribution in [-0.2, 0) is 6.61 Å². The summed E-state index contributed by atoms with van der Waals surface area (Å²) in [5.74, 6) is -0.346. The molecule has 1 amide bonds. The maximum Gasteiger partial charge on any atom is 0.335 e. The zero-order valence-corrected chi connectivity index (χ0v) is 12.8. The van der Waals surface area contributed by atoms with E-state index in [1.165, 1.54) is 24.3 Å². The van der Waals surface area contributed by atoms with Crippen molar-refractivity contribution >= 4 is 17.6 Å². The number of carbonyl (C=O) groups excluding carboxylic acids is 1. The van der Waals surface area contributed by atoms with E-state index < -0.39 is 5.97 Å². The third-order valence-corrected chi connectivity index (χ3v) is 3.26. The van der Waals surface area contributed by atoms with Crippen molar-refractivity contribution in [1.82, 2.24) is 20.6 Å². The Morgan fingerprint density at radius 1 is 1.04 bits per heavy atom. The molecular formula is C16H13N5O4. The number of tetrazole rings is 1. The molecule has 0 aliphatic rings. The standard InChI is InChI=1S/C16H13N5O4/c22-15(17-12-5-1-11(2-6-12)16(23)24)10-3-7-13(8-4-10)25-9-14-18-20-21-19-14/h1-8H,9H2,(H,17,22)(H,23,24)(H,18,19,20,21). The predicted octanol–water partition coefficient (Wildman–Crippen LogP) is 1.73. The number of aromatic nitrogens is 4. The molecule has 2 aromatic carbocycles. The van der Waals surface area contributed by atoms with Gasteiger partial charge < -0.3 is 15.2 Å². The number of carboxylic acid groups (broad SMARTS) is 1. The van der Waals surface area contributed by atoms with Crippen LogP contribution < -0.4 is 10.1 Å². The Bertz CT molecular complexity index is 861. The fraction of sp³-hybridized carbons (Fsp3) is 0.0625. The number of hydrogen-bond donors (Lipinski definition) is 3. The lowest BCUT2D eigenvalue weighted by Crippen LogP contribution is -2.12. The van der Waals surface area contributed by atoms with E-state index in [1.54, 1.807) is 24.3 Å². The van der Waals surface area contributed by atoms with E-state index >= 15 is 0 Å². The molecule has 0 aliphatic heterocycles. The van der Waals surface area contributed by atoms with Crippen molar-refractivity contribution in [3.8, 4) is 5.75 Å². The fourth-order valence-corrected chi connectivity index (χ4v) is 1.99. The maximum absolute atomic E-state index is 12.2. The number of aromatic amines is 1. The Morgan fingerprint density at radius 2 is 1.72 bits per heavy atom. The second-order valence-corrected chi connectivity index (χ2v) is 4.98. The number of carboxylic acids is 1. The summed E-state index contributed by atoms with van der Waals surface area (Å²) in [5, 5.41) is 24.8. The van der Waals surface area contributed by atoms with E-state index in [1.807, 2.05) is 0 Å². The molecule has 9 nitrogen and oxygen atoms in total. The average Bonchev–Trinajstić information content (AvgIpc) is 3.14. The van der Waals surface area contributed by atoms with Crippen LogP contribution in [0.1, 0.15) is 26.5 Å². The number of carbonyl (C=O) groups is 2. The highest BCUT2D eigenvalue weighted by atomic mass is 16.5. The van der Waals surface area contributed by atoms with Crippen LogP contribution >= 0.6 is 0 Å². The van der Waals surface area contributed by atoms with E-state index in [0.717, 1.165) is 0 Å². The molecule has 1 heterocycles. The maximum atomic E-state index is 12.2. The summed E-state index contributed by atoms with van der Waals surface area (Å²) in [5.41, 5.74) is 1.10. The largest absolute Gasteiger partial charge is 0.485 e. The monoisotopic (exact) mass is 339 g/mol. The molecule has 1 aromatic heterocycles. The zero-order valence-electron chi connectivity index (χ0n) is 12.8. The number of ether oxygens (including phenoxy) is 1. The highest BCUT2D eigenvalue weighted by Crippen LogP contribution is 2.15. The van der Waals surface area contributed by atoms with Crippen LogP contribution in [0.15, 0.2) is 48.5 Å². The summed E-state index contributed by atoms with van der Waals surface area (Å²) in [7, 11) is 0. The lowest BCUT2D eigenvalue weighted by atomic mass is 10.2. The molecule has 0 bridgehead atoms. The van der Waals surface area contributed by atoms with Crippen LogP contribution in [0.2, 0.25) is 0 Å². The summed E-state index contributed by atoms with van der Waals surface area (Å²) >= 11 is 0. The predicted molar refractivity (Wildman–Crippen MR) is 86.3 cm³/mol. The van der Waals surface area contributed by atoms with Crippen LogP contribution in [0.3, 0.4) is 0 Å². The molecule has 3 N–H and O–H groups in total. The second-order valence-electron chi connectivity index (χ2n) is 4.98. The molecule has 9 heteroatoms. The number of amides is 1. The Balaban J connectivity index is 1.59.